The van der Waals surface area contributed by atoms with Gasteiger partial charge < -0.3 is 34.6 Å². The molecule has 2 aromatic rings. The minimum Gasteiger partial charge on any atom is -0.507 e. The van der Waals surface area contributed by atoms with Crippen LogP contribution < -0.4 is 0 Å². The van der Waals surface area contributed by atoms with E-state index in [0.29, 0.717) is 0 Å². The van der Waals surface area contributed by atoms with Crippen LogP contribution in [0.5, 0.6) is 11.5 Å². The number of Topliss-reactive ketones (excluding diaryl/α,β-unsaturated/α-hetero) is 6. The lowest BCUT2D eigenvalue weighted by atomic mass is 9.56. The lowest BCUT2D eigenvalue weighted by Gasteiger charge is -2.44. The van der Waals surface area contributed by atoms with Crippen LogP contribution in [-0.2, 0) is 33.4 Å². The number of phenols is 2. The van der Waals surface area contributed by atoms with Gasteiger partial charge in [0, 0.05) is 54.5 Å². The van der Waals surface area contributed by atoms with Crippen molar-refractivity contribution in [1.82, 2.24) is 0 Å². The third-order valence-electron chi connectivity index (χ3n) is 11.2. The number of ether oxygens (including phenoxy) is 3. The molecule has 7 rings (SSSR count). The van der Waals surface area contributed by atoms with Gasteiger partial charge in [-0.3, -0.25) is 38.4 Å². The van der Waals surface area contributed by atoms with Crippen molar-refractivity contribution in [2.24, 2.45) is 11.8 Å². The molecule has 4 N–H and O–H groups in total. The molecule has 276 valence electrons. The number of aliphatic hydroxyl groups is 2. The molecule has 0 bridgehead atoms. The SMILES string of the molecule is CC(=O)O[C@H](C)[C@@H]1C2=C(C(=O)C[C@]1(C)O)C(=O)c1c(ccc(-c3ccc4c(c3O)C(=O)[C@@]35O[C@]3(C4=O)[C@@H]([C@@H](C)OC(C)=O)[C@@](C)(O)CC5=O)c1O)C2=O. The van der Waals surface area contributed by atoms with Gasteiger partial charge in [0.1, 0.15) is 23.7 Å². The molecule has 2 aromatic carbocycles. The quantitative estimate of drug-likeness (QED) is 0.148. The standard InChI is InChI=1S/C38H34O15/c1-13(51-15(3)39)27-26-25(21(41)11-35(27,5)49)31(46)23-19(30(26)45)9-7-17(28(23)43)18-8-10-20-24(29(18)44)34(48)37-22(42)12-36(6,50)32(14(2)52-16(4)40)38(37,53-37)33(20)47/h7-10,13-14,27,32,43-44,49-50H,11-12H2,1-6H3/t13-,14-,27-,32+,35+,36+,37-,38+/m1/s1. The van der Waals surface area contributed by atoms with Gasteiger partial charge in [-0.2, -0.15) is 0 Å². The van der Waals surface area contributed by atoms with Gasteiger partial charge in [-0.1, -0.05) is 0 Å². The number of esters is 2. The van der Waals surface area contributed by atoms with Gasteiger partial charge in [0.2, 0.25) is 17.2 Å². The van der Waals surface area contributed by atoms with E-state index in [2.05, 4.69) is 0 Å². The van der Waals surface area contributed by atoms with Crippen LogP contribution in [0.15, 0.2) is 35.4 Å². The van der Waals surface area contributed by atoms with Gasteiger partial charge >= 0.3 is 11.9 Å². The second-order valence-electron chi connectivity index (χ2n) is 14.9. The second kappa shape index (κ2) is 11.1. The van der Waals surface area contributed by atoms with Crippen molar-refractivity contribution < 1.29 is 73.0 Å². The Kier molecular flexibility index (Phi) is 7.52. The third kappa shape index (κ3) is 4.50. The smallest absolute Gasteiger partial charge is 0.302 e. The highest BCUT2D eigenvalue weighted by Gasteiger charge is 2.91. The van der Waals surface area contributed by atoms with E-state index in [4.69, 9.17) is 14.2 Å². The first-order valence-electron chi connectivity index (χ1n) is 16.8. The topological polar surface area (TPSA) is 248 Å². The predicted octanol–water partition coefficient (Wildman–Crippen LogP) is 1.91. The van der Waals surface area contributed by atoms with Crippen molar-refractivity contribution in [1.29, 1.82) is 0 Å². The lowest BCUT2D eigenvalue weighted by Crippen LogP contribution is -2.66. The van der Waals surface area contributed by atoms with Crippen LogP contribution in [0.2, 0.25) is 0 Å². The van der Waals surface area contributed by atoms with Gasteiger partial charge in [-0.15, -0.1) is 0 Å². The highest BCUT2D eigenvalue weighted by molar-refractivity contribution is 6.39. The van der Waals surface area contributed by atoms with Crippen LogP contribution in [0.4, 0.5) is 0 Å². The molecule has 15 heteroatoms. The Labute approximate surface area is 300 Å². The van der Waals surface area contributed by atoms with E-state index >= 15 is 0 Å². The number of fused-ring (bicyclic) bond motifs is 2. The fourth-order valence-corrected chi connectivity index (χ4v) is 9.43. The van der Waals surface area contributed by atoms with E-state index in [1.165, 1.54) is 27.7 Å². The summed E-state index contributed by atoms with van der Waals surface area (Å²) in [5.74, 6) is -11.7. The highest BCUT2D eigenvalue weighted by atomic mass is 16.7. The second-order valence-corrected chi connectivity index (χ2v) is 14.9. The van der Waals surface area contributed by atoms with Crippen molar-refractivity contribution in [3.63, 3.8) is 0 Å². The first-order chi connectivity index (χ1) is 24.6. The number of phenolic OH excluding ortho intramolecular Hbond substituents is 2. The van der Waals surface area contributed by atoms with Crippen molar-refractivity contribution in [3.8, 4) is 22.6 Å². The van der Waals surface area contributed by atoms with E-state index in [9.17, 15) is 58.8 Å². The number of carbonyl (C=O) groups excluding carboxylic acids is 8. The van der Waals surface area contributed by atoms with E-state index in [1.54, 1.807) is 0 Å². The fraction of sp³-hybridized carbons (Fsp3) is 0.421. The van der Waals surface area contributed by atoms with Crippen molar-refractivity contribution in [3.05, 3.63) is 57.7 Å². The number of ketones is 6. The predicted molar refractivity (Wildman–Crippen MR) is 176 cm³/mol. The van der Waals surface area contributed by atoms with Crippen LogP contribution in [0.25, 0.3) is 11.1 Å². The minimum atomic E-state index is -2.46. The summed E-state index contributed by atoms with van der Waals surface area (Å²) in [6, 6.07) is 4.58. The minimum absolute atomic E-state index is 0.292. The van der Waals surface area contributed by atoms with E-state index in [-0.39, 0.29) is 27.8 Å². The first-order valence-corrected chi connectivity index (χ1v) is 16.8. The summed E-state index contributed by atoms with van der Waals surface area (Å²) >= 11 is 0. The lowest BCUT2D eigenvalue weighted by molar-refractivity contribution is -0.160. The molecule has 1 heterocycles. The molecule has 4 aliphatic carbocycles. The van der Waals surface area contributed by atoms with E-state index in [1.807, 2.05) is 0 Å². The molecule has 1 aliphatic heterocycles. The van der Waals surface area contributed by atoms with Crippen LogP contribution >= 0.6 is 0 Å². The molecule has 8 atom stereocenters. The van der Waals surface area contributed by atoms with Crippen molar-refractivity contribution in [2.75, 3.05) is 0 Å². The summed E-state index contributed by atoms with van der Waals surface area (Å²) in [6.45, 7) is 7.55. The number of rotatable bonds is 5. The van der Waals surface area contributed by atoms with Gasteiger partial charge in [-0.05, 0) is 52.0 Å². The number of allylic oxidation sites excluding steroid dienone is 1. The molecular weight excluding hydrogens is 696 g/mol. The maximum Gasteiger partial charge on any atom is 0.302 e. The first kappa shape index (κ1) is 36.0. The maximum absolute atomic E-state index is 14.3. The van der Waals surface area contributed by atoms with Gasteiger partial charge in [-0.25, -0.2) is 0 Å². The zero-order valence-electron chi connectivity index (χ0n) is 29.3. The monoisotopic (exact) mass is 730 g/mol. The number of carbonyl (C=O) groups is 8. The Bertz CT molecular complexity index is 2220. The highest BCUT2D eigenvalue weighted by Crippen LogP contribution is 2.67. The molecular formula is C38H34O15. The van der Waals surface area contributed by atoms with Gasteiger partial charge in [0.15, 0.2) is 28.7 Å². The average Bonchev–Trinajstić information content (AvgIpc) is 3.73. The Hall–Kier alpha value is -5.38. The zero-order chi connectivity index (χ0) is 39.1. The number of aromatic hydroxyl groups is 2. The number of hydrogen-bond donors (Lipinski definition) is 4. The fourth-order valence-electron chi connectivity index (χ4n) is 9.43. The molecule has 0 radical (unpaired) electrons. The number of epoxide rings is 1. The Morgan fingerprint density at radius 1 is 0.736 bits per heavy atom. The van der Waals surface area contributed by atoms with E-state index in [0.717, 1.165) is 38.1 Å². The summed E-state index contributed by atoms with van der Waals surface area (Å²) < 4.78 is 16.3. The molecule has 15 nitrogen and oxygen atoms in total. The van der Waals surface area contributed by atoms with Gasteiger partial charge in [0.05, 0.1) is 39.7 Å². The molecule has 0 amide bonds. The largest absolute Gasteiger partial charge is 0.507 e. The Balaban J connectivity index is 1.35. The number of hydrogen-bond acceptors (Lipinski definition) is 15. The van der Waals surface area contributed by atoms with E-state index < -0.39 is 134 Å². The number of benzene rings is 2. The molecule has 53 heavy (non-hydrogen) atoms. The summed E-state index contributed by atoms with van der Waals surface area (Å²) in [5.41, 5.74) is -12.1. The Morgan fingerprint density at radius 3 is 1.85 bits per heavy atom. The molecule has 2 fully saturated rings. The van der Waals surface area contributed by atoms with Crippen molar-refractivity contribution in [2.45, 2.75) is 89.0 Å². The summed E-state index contributed by atoms with van der Waals surface area (Å²) in [4.78, 5) is 107. The molecule has 0 spiro atoms. The van der Waals surface area contributed by atoms with Gasteiger partial charge in [0.25, 0.3) is 0 Å². The van der Waals surface area contributed by atoms with Crippen LogP contribution in [0, 0.1) is 11.8 Å². The summed E-state index contributed by atoms with van der Waals surface area (Å²) in [7, 11) is 0. The summed E-state index contributed by atoms with van der Waals surface area (Å²) in [5, 5.41) is 45.7. The zero-order valence-corrected chi connectivity index (χ0v) is 29.3. The van der Waals surface area contributed by atoms with Crippen LogP contribution in [0.3, 0.4) is 0 Å². The average molecular weight is 731 g/mol. The molecule has 0 unspecified atom stereocenters. The maximum atomic E-state index is 14.3. The molecule has 0 aromatic heterocycles. The van der Waals surface area contributed by atoms with Crippen LogP contribution in [-0.4, -0.2) is 102 Å². The summed E-state index contributed by atoms with van der Waals surface area (Å²) in [6.07, 6.45) is -3.61. The Morgan fingerprint density at radius 2 is 1.26 bits per heavy atom. The third-order valence-corrected chi connectivity index (χ3v) is 11.2. The molecule has 5 aliphatic rings. The van der Waals surface area contributed by atoms with Crippen molar-refractivity contribution >= 4 is 46.6 Å². The normalized spacial score (nSPS) is 32.5. The van der Waals surface area contributed by atoms with Crippen LogP contribution in [0.1, 0.15) is 95.8 Å². The molecule has 1 saturated carbocycles. The molecule has 1 saturated heterocycles.